The number of phosphoric ester groups is 1. The summed E-state index contributed by atoms with van der Waals surface area (Å²) < 4.78 is 24.5. The highest BCUT2D eigenvalue weighted by molar-refractivity contribution is 7.46. The highest BCUT2D eigenvalue weighted by Gasteiger charge is 2.16. The number of para-hydroxylation sites is 2. The van der Waals surface area contributed by atoms with Crippen molar-refractivity contribution in [3.8, 4) is 11.5 Å². The Balaban J connectivity index is 1.54. The highest BCUT2D eigenvalue weighted by Crippen LogP contribution is 2.42. The Morgan fingerprint density at radius 2 is 1.66 bits per heavy atom. The van der Waals surface area contributed by atoms with Gasteiger partial charge in [0, 0.05) is 23.1 Å². The van der Waals surface area contributed by atoms with E-state index in [2.05, 4.69) is 4.57 Å². The van der Waals surface area contributed by atoms with Crippen LogP contribution in [0.5, 0.6) is 11.5 Å². The summed E-state index contributed by atoms with van der Waals surface area (Å²) in [4.78, 5) is 12.3. The third kappa shape index (κ3) is 4.77. The molecule has 0 N–H and O–H groups in total. The van der Waals surface area contributed by atoms with Crippen molar-refractivity contribution in [3.63, 3.8) is 0 Å². The van der Waals surface area contributed by atoms with Gasteiger partial charge in [-0.2, -0.15) is 4.57 Å². The first-order valence-corrected chi connectivity index (χ1v) is 10.7. The third-order valence-electron chi connectivity index (χ3n) is 4.30. The van der Waals surface area contributed by atoms with Crippen molar-refractivity contribution >= 4 is 30.3 Å². The van der Waals surface area contributed by atoms with Crippen molar-refractivity contribution in [1.29, 1.82) is 0 Å². The van der Waals surface area contributed by atoms with Gasteiger partial charge in [-0.05, 0) is 36.4 Å². The SMILES string of the molecule is O=P([O-])(Oc1cccc(C[n+]2cccc3ccccc32)c1)Oc1ccccc1Cl. The lowest BCUT2D eigenvalue weighted by atomic mass is 10.2. The van der Waals surface area contributed by atoms with Gasteiger partial charge in [-0.3, -0.25) is 0 Å². The van der Waals surface area contributed by atoms with Crippen LogP contribution < -0.4 is 18.5 Å². The van der Waals surface area contributed by atoms with Crippen LogP contribution in [-0.4, -0.2) is 0 Å². The molecule has 4 aromatic rings. The average molecular weight is 426 g/mol. The predicted octanol–water partition coefficient (Wildman–Crippen LogP) is 4.76. The van der Waals surface area contributed by atoms with E-state index >= 15 is 0 Å². The van der Waals surface area contributed by atoms with Gasteiger partial charge in [0.25, 0.3) is 0 Å². The number of aromatic nitrogens is 1. The number of hydrogen-bond donors (Lipinski definition) is 0. The van der Waals surface area contributed by atoms with Gasteiger partial charge in [-0.15, -0.1) is 0 Å². The van der Waals surface area contributed by atoms with Crippen LogP contribution in [0.3, 0.4) is 0 Å². The molecule has 0 spiro atoms. The highest BCUT2D eigenvalue weighted by atomic mass is 35.5. The van der Waals surface area contributed by atoms with Gasteiger partial charge in [0.05, 0.1) is 5.02 Å². The Morgan fingerprint density at radius 1 is 0.897 bits per heavy atom. The van der Waals surface area contributed by atoms with Crippen LogP contribution in [0.1, 0.15) is 5.56 Å². The van der Waals surface area contributed by atoms with E-state index in [4.69, 9.17) is 20.6 Å². The van der Waals surface area contributed by atoms with Crippen molar-refractivity contribution in [2.45, 2.75) is 6.54 Å². The van der Waals surface area contributed by atoms with Crippen LogP contribution in [0.4, 0.5) is 0 Å². The third-order valence-corrected chi connectivity index (χ3v) is 5.47. The zero-order valence-electron chi connectivity index (χ0n) is 15.3. The molecule has 1 unspecified atom stereocenters. The molecule has 4 rings (SSSR count). The van der Waals surface area contributed by atoms with Crippen molar-refractivity contribution in [2.75, 3.05) is 0 Å². The normalized spacial score (nSPS) is 13.0. The van der Waals surface area contributed by atoms with E-state index in [9.17, 15) is 9.46 Å². The maximum absolute atomic E-state index is 12.3. The van der Waals surface area contributed by atoms with Crippen LogP contribution in [0.2, 0.25) is 5.02 Å². The van der Waals surface area contributed by atoms with Crippen LogP contribution in [-0.2, 0) is 11.1 Å². The van der Waals surface area contributed by atoms with Crippen molar-refractivity contribution in [2.24, 2.45) is 0 Å². The number of nitrogens with zero attached hydrogens (tertiary/aromatic N) is 1. The first-order chi connectivity index (χ1) is 14.0. The zero-order valence-corrected chi connectivity index (χ0v) is 16.9. The quantitative estimate of drug-likeness (QED) is 0.330. The summed E-state index contributed by atoms with van der Waals surface area (Å²) in [6.07, 6.45) is 1.98. The number of benzene rings is 3. The lowest BCUT2D eigenvalue weighted by molar-refractivity contribution is -0.662. The molecule has 146 valence electrons. The molecule has 0 aliphatic carbocycles. The molecule has 0 saturated carbocycles. The van der Waals surface area contributed by atoms with E-state index in [1.165, 1.54) is 6.07 Å². The number of fused-ring (bicyclic) bond motifs is 1. The summed E-state index contributed by atoms with van der Waals surface area (Å²) in [5.41, 5.74) is 1.97. The summed E-state index contributed by atoms with van der Waals surface area (Å²) in [5.74, 6) is 0.198. The Kier molecular flexibility index (Phi) is 5.54. The summed E-state index contributed by atoms with van der Waals surface area (Å²) in [7, 11) is -4.65. The van der Waals surface area contributed by atoms with E-state index in [1.807, 2.05) is 48.7 Å². The van der Waals surface area contributed by atoms with Crippen LogP contribution in [0, 0.1) is 0 Å². The first-order valence-electron chi connectivity index (χ1n) is 8.91. The average Bonchev–Trinajstić information content (AvgIpc) is 2.70. The zero-order chi connectivity index (χ0) is 20.3. The second kappa shape index (κ2) is 8.26. The van der Waals surface area contributed by atoms with Crippen LogP contribution in [0.25, 0.3) is 10.9 Å². The molecule has 7 heteroatoms. The first kappa shape index (κ1) is 19.5. The lowest BCUT2D eigenvalue weighted by Gasteiger charge is -2.24. The van der Waals surface area contributed by atoms with Gasteiger partial charge >= 0.3 is 7.82 Å². The Hall–Kier alpha value is -2.85. The van der Waals surface area contributed by atoms with Crippen molar-refractivity contribution in [3.05, 3.63) is 102 Å². The minimum absolute atomic E-state index is 0.0231. The molecule has 1 heterocycles. The standard InChI is InChI=1S/C22H17ClNO4P/c23-20-11-2-4-13-22(20)28-29(25,26)27-19-10-5-7-17(15-19)16-24-14-6-9-18-8-1-3-12-21(18)24/h1-15H,16H2. The molecule has 0 fully saturated rings. The fraction of sp³-hybridized carbons (Fsp3) is 0.0455. The Morgan fingerprint density at radius 3 is 2.52 bits per heavy atom. The Labute approximate surface area is 173 Å². The van der Waals surface area contributed by atoms with Gasteiger partial charge in [0.15, 0.2) is 12.7 Å². The van der Waals surface area contributed by atoms with E-state index in [0.29, 0.717) is 6.54 Å². The summed E-state index contributed by atoms with van der Waals surface area (Å²) in [6, 6.07) is 25.3. The van der Waals surface area contributed by atoms with Crippen LogP contribution in [0.15, 0.2) is 91.1 Å². The summed E-state index contributed by atoms with van der Waals surface area (Å²) >= 11 is 5.95. The predicted molar refractivity (Wildman–Crippen MR) is 110 cm³/mol. The molecule has 3 aromatic carbocycles. The minimum atomic E-state index is -4.65. The second-order valence-corrected chi connectivity index (χ2v) is 8.07. The van der Waals surface area contributed by atoms with E-state index in [1.54, 1.807) is 36.4 Å². The van der Waals surface area contributed by atoms with Gasteiger partial charge in [-0.1, -0.05) is 48.0 Å². The molecular formula is C22H17ClNO4P. The molecule has 1 atom stereocenters. The number of rotatable bonds is 6. The largest absolute Gasteiger partial charge is 0.736 e. The molecule has 29 heavy (non-hydrogen) atoms. The number of pyridine rings is 1. The molecule has 5 nitrogen and oxygen atoms in total. The smallest absolute Gasteiger partial charge is 0.372 e. The molecule has 0 bridgehead atoms. The van der Waals surface area contributed by atoms with Crippen LogP contribution >= 0.6 is 19.4 Å². The second-order valence-electron chi connectivity index (χ2n) is 6.40. The summed E-state index contributed by atoms with van der Waals surface area (Å²) in [5, 5.41) is 1.31. The van der Waals surface area contributed by atoms with Gasteiger partial charge in [0.1, 0.15) is 11.5 Å². The molecule has 0 amide bonds. The fourth-order valence-corrected chi connectivity index (χ4v) is 4.08. The van der Waals surface area contributed by atoms with E-state index in [0.717, 1.165) is 16.5 Å². The summed E-state index contributed by atoms with van der Waals surface area (Å²) in [6.45, 7) is 0.563. The van der Waals surface area contributed by atoms with Crippen molar-refractivity contribution < 1.29 is 23.1 Å². The molecule has 0 aliphatic rings. The maximum atomic E-state index is 12.3. The fourth-order valence-electron chi connectivity index (χ4n) is 3.04. The van der Waals surface area contributed by atoms with Crippen molar-refractivity contribution in [1.82, 2.24) is 0 Å². The molecule has 0 radical (unpaired) electrons. The Bertz CT molecular complexity index is 1210. The number of halogens is 1. The van der Waals surface area contributed by atoms with Gasteiger partial charge in [0.2, 0.25) is 5.52 Å². The molecular weight excluding hydrogens is 409 g/mol. The number of phosphoric acid groups is 1. The van der Waals surface area contributed by atoms with E-state index in [-0.39, 0.29) is 16.5 Å². The number of hydrogen-bond acceptors (Lipinski definition) is 4. The topological polar surface area (TPSA) is 62.5 Å². The molecule has 0 aliphatic heterocycles. The monoisotopic (exact) mass is 425 g/mol. The molecule has 0 saturated heterocycles. The molecule has 1 aromatic heterocycles. The maximum Gasteiger partial charge on any atom is 0.372 e. The van der Waals surface area contributed by atoms with Gasteiger partial charge in [-0.25, -0.2) is 4.57 Å². The lowest BCUT2D eigenvalue weighted by Crippen LogP contribution is -2.34. The minimum Gasteiger partial charge on any atom is -0.736 e. The van der Waals surface area contributed by atoms with E-state index < -0.39 is 7.82 Å². The van der Waals surface area contributed by atoms with Gasteiger partial charge < -0.3 is 13.9 Å².